The van der Waals surface area contributed by atoms with Gasteiger partial charge in [0.05, 0.1) is 16.5 Å². The van der Waals surface area contributed by atoms with Gasteiger partial charge in [0.2, 0.25) is 5.91 Å². The third-order valence-corrected chi connectivity index (χ3v) is 5.35. The third-order valence-electron chi connectivity index (χ3n) is 4.13. The van der Waals surface area contributed by atoms with Crippen LogP contribution in [0, 0.1) is 6.92 Å². The quantitative estimate of drug-likeness (QED) is 0.453. The second-order valence-electron chi connectivity index (χ2n) is 6.78. The molecule has 0 radical (unpaired) electrons. The van der Waals surface area contributed by atoms with Crippen LogP contribution in [0.1, 0.15) is 76.6 Å². The number of primary amides is 1. The minimum absolute atomic E-state index is 0.00833. The molecule has 0 aliphatic heterocycles. The van der Waals surface area contributed by atoms with Gasteiger partial charge in [-0.05, 0) is 39.3 Å². The van der Waals surface area contributed by atoms with Gasteiger partial charge in [0, 0.05) is 0 Å². The molecule has 2 aromatic heterocycles. The molecule has 0 spiro atoms. The zero-order valence-electron chi connectivity index (χ0n) is 16.9. The Morgan fingerprint density at radius 2 is 1.77 bits per heavy atom. The van der Waals surface area contributed by atoms with Crippen molar-refractivity contribution in [3.63, 3.8) is 0 Å². The number of thiophene rings is 1. The Balaban J connectivity index is 2.42. The van der Waals surface area contributed by atoms with Gasteiger partial charge in [0.1, 0.15) is 22.4 Å². The van der Waals surface area contributed by atoms with Gasteiger partial charge < -0.3 is 15.8 Å². The van der Waals surface area contributed by atoms with Gasteiger partial charge in [-0.15, -0.1) is 11.3 Å². The highest BCUT2D eigenvalue weighted by Gasteiger charge is 2.30. The SMILES string of the molecule is Cc1c(C(N)=O)sc(NC(=O)C(C)n2nc(C(F)F)cc2C(F)F)c1C(=O)OC(C)C. The molecule has 1 unspecified atom stereocenters. The van der Waals surface area contributed by atoms with E-state index in [0.29, 0.717) is 22.1 Å². The highest BCUT2D eigenvalue weighted by atomic mass is 32.1. The smallest absolute Gasteiger partial charge is 0.341 e. The number of amides is 2. The Bertz CT molecular complexity index is 1000. The number of carbonyl (C=O) groups is 3. The molecule has 2 heterocycles. The number of alkyl halides is 4. The van der Waals surface area contributed by atoms with Crippen molar-refractivity contribution in [3.05, 3.63) is 33.5 Å². The number of hydrogen-bond donors (Lipinski definition) is 2. The number of ether oxygens (including phenoxy) is 1. The number of rotatable bonds is 8. The Morgan fingerprint density at radius 3 is 2.26 bits per heavy atom. The summed E-state index contributed by atoms with van der Waals surface area (Å²) in [5, 5.41) is 5.68. The Kier molecular flexibility index (Phi) is 7.41. The number of aromatic nitrogens is 2. The second-order valence-corrected chi connectivity index (χ2v) is 7.80. The number of anilines is 1. The van der Waals surface area contributed by atoms with E-state index in [-0.39, 0.29) is 21.0 Å². The maximum Gasteiger partial charge on any atom is 0.341 e. The summed E-state index contributed by atoms with van der Waals surface area (Å²) in [5.74, 6) is -2.60. The van der Waals surface area contributed by atoms with E-state index in [9.17, 15) is 31.9 Å². The van der Waals surface area contributed by atoms with Crippen LogP contribution >= 0.6 is 11.3 Å². The van der Waals surface area contributed by atoms with Crippen molar-refractivity contribution >= 4 is 34.1 Å². The summed E-state index contributed by atoms with van der Waals surface area (Å²) in [6, 6.07) is -0.921. The fraction of sp³-hybridized carbons (Fsp3) is 0.444. The summed E-state index contributed by atoms with van der Waals surface area (Å²) in [6.45, 7) is 5.80. The van der Waals surface area contributed by atoms with E-state index in [2.05, 4.69) is 10.4 Å². The summed E-state index contributed by atoms with van der Waals surface area (Å²) >= 11 is 0.706. The normalized spacial score (nSPS) is 12.5. The predicted molar refractivity (Wildman–Crippen MR) is 104 cm³/mol. The van der Waals surface area contributed by atoms with Gasteiger partial charge in [-0.2, -0.15) is 5.10 Å². The lowest BCUT2D eigenvalue weighted by molar-refractivity contribution is -0.119. The number of hydrogen-bond acceptors (Lipinski definition) is 6. The van der Waals surface area contributed by atoms with E-state index < -0.39 is 54.2 Å². The van der Waals surface area contributed by atoms with Gasteiger partial charge in [0.25, 0.3) is 18.8 Å². The Labute approximate surface area is 178 Å². The van der Waals surface area contributed by atoms with Crippen molar-refractivity contribution in [2.24, 2.45) is 5.73 Å². The van der Waals surface area contributed by atoms with Crippen LogP contribution in [0.2, 0.25) is 0 Å². The van der Waals surface area contributed by atoms with E-state index in [0.717, 1.165) is 0 Å². The molecule has 0 saturated carbocycles. The molecule has 0 fully saturated rings. The number of nitrogens with zero attached hydrogens (tertiary/aromatic N) is 2. The van der Waals surface area contributed by atoms with E-state index in [1.807, 2.05) is 0 Å². The van der Waals surface area contributed by atoms with Crippen LogP contribution in [0.4, 0.5) is 22.6 Å². The first-order valence-corrected chi connectivity index (χ1v) is 9.77. The standard InChI is InChI=1S/C18H20F4N4O4S/c1-6(2)30-18(29)11-7(3)12(15(23)27)31-17(11)24-16(28)8(4)26-10(14(21)22)5-9(25-26)13(19)20/h5-6,8,13-14H,1-4H3,(H2,23,27)(H,24,28). The molecule has 2 amide bonds. The van der Waals surface area contributed by atoms with Crippen LogP contribution < -0.4 is 11.1 Å². The molecular weight excluding hydrogens is 444 g/mol. The third kappa shape index (κ3) is 5.21. The zero-order chi connectivity index (χ0) is 23.6. The first-order chi connectivity index (χ1) is 14.3. The molecule has 2 aromatic rings. The summed E-state index contributed by atoms with van der Waals surface area (Å²) in [7, 11) is 0. The van der Waals surface area contributed by atoms with Crippen molar-refractivity contribution in [2.45, 2.75) is 52.7 Å². The molecular formula is C18H20F4N4O4S. The molecule has 0 saturated heterocycles. The van der Waals surface area contributed by atoms with Crippen LogP contribution in [0.25, 0.3) is 0 Å². The van der Waals surface area contributed by atoms with Crippen LogP contribution in [0.3, 0.4) is 0 Å². The number of nitrogens with one attached hydrogen (secondary N) is 1. The van der Waals surface area contributed by atoms with Crippen molar-refractivity contribution < 1.29 is 36.7 Å². The molecule has 13 heteroatoms. The predicted octanol–water partition coefficient (Wildman–Crippen LogP) is 3.99. The fourth-order valence-electron chi connectivity index (χ4n) is 2.69. The topological polar surface area (TPSA) is 116 Å². The van der Waals surface area contributed by atoms with Crippen molar-refractivity contribution in [1.29, 1.82) is 0 Å². The second kappa shape index (κ2) is 9.45. The van der Waals surface area contributed by atoms with Crippen molar-refractivity contribution in [2.75, 3.05) is 5.32 Å². The molecule has 3 N–H and O–H groups in total. The van der Waals surface area contributed by atoms with Crippen molar-refractivity contribution in [3.8, 4) is 0 Å². The average molecular weight is 464 g/mol. The lowest BCUT2D eigenvalue weighted by Gasteiger charge is -2.16. The lowest BCUT2D eigenvalue weighted by Crippen LogP contribution is -2.26. The van der Waals surface area contributed by atoms with Crippen LogP contribution in [-0.2, 0) is 9.53 Å². The average Bonchev–Trinajstić information content (AvgIpc) is 3.22. The first kappa shape index (κ1) is 24.3. The number of carbonyl (C=O) groups excluding carboxylic acids is 3. The highest BCUT2D eigenvalue weighted by molar-refractivity contribution is 7.18. The highest BCUT2D eigenvalue weighted by Crippen LogP contribution is 2.35. The van der Waals surface area contributed by atoms with Gasteiger partial charge in [0.15, 0.2) is 0 Å². The maximum atomic E-state index is 13.2. The molecule has 31 heavy (non-hydrogen) atoms. The summed E-state index contributed by atoms with van der Waals surface area (Å²) in [6.07, 6.45) is -6.77. The summed E-state index contributed by atoms with van der Waals surface area (Å²) in [5.41, 5.74) is 3.60. The fourth-order valence-corrected chi connectivity index (χ4v) is 3.74. The largest absolute Gasteiger partial charge is 0.459 e. The molecule has 170 valence electrons. The van der Waals surface area contributed by atoms with Crippen LogP contribution in [-0.4, -0.2) is 33.7 Å². The van der Waals surface area contributed by atoms with E-state index in [4.69, 9.17) is 10.5 Å². The minimum atomic E-state index is -3.16. The van der Waals surface area contributed by atoms with Crippen LogP contribution in [0.5, 0.6) is 0 Å². The van der Waals surface area contributed by atoms with E-state index >= 15 is 0 Å². The Morgan fingerprint density at radius 1 is 1.16 bits per heavy atom. The van der Waals surface area contributed by atoms with Gasteiger partial charge >= 0.3 is 5.97 Å². The van der Waals surface area contributed by atoms with Gasteiger partial charge in [-0.3, -0.25) is 14.3 Å². The zero-order valence-corrected chi connectivity index (χ0v) is 17.7. The summed E-state index contributed by atoms with van der Waals surface area (Å²) < 4.78 is 57.9. The molecule has 0 aliphatic rings. The number of halogens is 4. The van der Waals surface area contributed by atoms with E-state index in [1.165, 1.54) is 13.8 Å². The first-order valence-electron chi connectivity index (χ1n) is 8.95. The Hall–Kier alpha value is -2.96. The minimum Gasteiger partial charge on any atom is -0.459 e. The molecule has 0 aliphatic carbocycles. The van der Waals surface area contributed by atoms with Gasteiger partial charge in [-0.25, -0.2) is 22.4 Å². The molecule has 0 aromatic carbocycles. The lowest BCUT2D eigenvalue weighted by atomic mass is 10.1. The monoisotopic (exact) mass is 464 g/mol. The maximum absolute atomic E-state index is 13.2. The summed E-state index contributed by atoms with van der Waals surface area (Å²) in [4.78, 5) is 36.8. The van der Waals surface area contributed by atoms with E-state index in [1.54, 1.807) is 13.8 Å². The molecule has 8 nitrogen and oxygen atoms in total. The molecule has 0 bridgehead atoms. The molecule has 2 rings (SSSR count). The van der Waals surface area contributed by atoms with Gasteiger partial charge in [-0.1, -0.05) is 0 Å². The number of nitrogens with two attached hydrogens (primary N) is 1. The molecule has 1 atom stereocenters. The number of esters is 1. The van der Waals surface area contributed by atoms with Crippen LogP contribution in [0.15, 0.2) is 6.07 Å². The van der Waals surface area contributed by atoms with Crippen molar-refractivity contribution in [1.82, 2.24) is 9.78 Å².